The minimum atomic E-state index is 0.0456. The minimum Gasteiger partial charge on any atom is -0.492 e. The molecular formula is C16H20BrN3O2. The Labute approximate surface area is 138 Å². The first kappa shape index (κ1) is 14.5. The molecule has 1 unspecified atom stereocenters. The lowest BCUT2D eigenvalue weighted by Gasteiger charge is -2.27. The van der Waals surface area contributed by atoms with Crippen LogP contribution < -0.4 is 10.1 Å². The van der Waals surface area contributed by atoms with Crippen LogP contribution in [0.3, 0.4) is 0 Å². The number of halogens is 1. The number of nitrogens with one attached hydrogen (secondary N) is 1. The van der Waals surface area contributed by atoms with Crippen LogP contribution in [0.1, 0.15) is 25.5 Å². The van der Waals surface area contributed by atoms with E-state index in [1.165, 1.54) is 6.42 Å². The quantitative estimate of drug-likeness (QED) is 0.904. The van der Waals surface area contributed by atoms with Gasteiger partial charge in [0.25, 0.3) is 0 Å². The van der Waals surface area contributed by atoms with Gasteiger partial charge in [-0.1, -0.05) is 15.9 Å². The molecule has 0 saturated carbocycles. The summed E-state index contributed by atoms with van der Waals surface area (Å²) in [6.45, 7) is 3.67. The lowest BCUT2D eigenvalue weighted by atomic mass is 10.1. The van der Waals surface area contributed by atoms with Gasteiger partial charge in [-0.05, 0) is 31.4 Å². The second-order valence-corrected chi connectivity index (χ2v) is 7.00. The molecule has 1 N–H and O–H groups in total. The number of nitrogens with zero attached hydrogens (tertiary/aromatic N) is 2. The van der Waals surface area contributed by atoms with Crippen molar-refractivity contribution in [1.29, 1.82) is 0 Å². The molecule has 4 rings (SSSR count). The van der Waals surface area contributed by atoms with E-state index >= 15 is 0 Å². The molecular weight excluding hydrogens is 346 g/mol. The SMILES string of the molecule is Brc1cc(OCC2CNC2)c2cnn(C3CCCCO3)c2c1. The standard InChI is InChI=1S/C16H20BrN3O2/c17-12-5-14-13(15(6-12)22-10-11-7-18-8-11)9-19-20(14)16-3-1-2-4-21-16/h5-6,9,11,16,18H,1-4,7-8,10H2. The highest BCUT2D eigenvalue weighted by molar-refractivity contribution is 9.10. The van der Waals surface area contributed by atoms with Crippen LogP contribution in [-0.4, -0.2) is 36.1 Å². The van der Waals surface area contributed by atoms with Gasteiger partial charge >= 0.3 is 0 Å². The first-order valence-corrected chi connectivity index (χ1v) is 8.72. The fourth-order valence-corrected chi connectivity index (χ4v) is 3.44. The van der Waals surface area contributed by atoms with Crippen LogP contribution >= 0.6 is 15.9 Å². The van der Waals surface area contributed by atoms with Gasteiger partial charge in [-0.2, -0.15) is 5.10 Å². The maximum atomic E-state index is 6.04. The Kier molecular flexibility index (Phi) is 4.07. The van der Waals surface area contributed by atoms with Gasteiger partial charge in [-0.25, -0.2) is 4.68 Å². The molecule has 6 heteroatoms. The molecule has 2 aromatic rings. The predicted octanol–water partition coefficient (Wildman–Crippen LogP) is 3.10. The molecule has 0 radical (unpaired) electrons. The highest BCUT2D eigenvalue weighted by Crippen LogP contribution is 2.33. The van der Waals surface area contributed by atoms with E-state index in [0.717, 1.165) is 60.3 Å². The Morgan fingerprint density at radius 1 is 1.36 bits per heavy atom. The normalized spacial score (nSPS) is 22.7. The third-order valence-corrected chi connectivity index (χ3v) is 4.87. The third-order valence-electron chi connectivity index (χ3n) is 4.41. The Hall–Kier alpha value is -1.11. The van der Waals surface area contributed by atoms with E-state index in [4.69, 9.17) is 9.47 Å². The number of fused-ring (bicyclic) bond motifs is 1. The zero-order valence-electron chi connectivity index (χ0n) is 12.4. The summed E-state index contributed by atoms with van der Waals surface area (Å²) in [4.78, 5) is 0. The van der Waals surface area contributed by atoms with E-state index in [9.17, 15) is 0 Å². The number of hydrogen-bond donors (Lipinski definition) is 1. The molecule has 0 aliphatic carbocycles. The Morgan fingerprint density at radius 2 is 2.27 bits per heavy atom. The van der Waals surface area contributed by atoms with Crippen molar-refractivity contribution in [3.05, 3.63) is 22.8 Å². The number of benzene rings is 1. The fraction of sp³-hybridized carbons (Fsp3) is 0.562. The number of aromatic nitrogens is 2. The molecule has 0 amide bonds. The Balaban J connectivity index is 1.64. The van der Waals surface area contributed by atoms with Gasteiger partial charge in [-0.15, -0.1) is 0 Å². The summed E-state index contributed by atoms with van der Waals surface area (Å²) >= 11 is 3.59. The topological polar surface area (TPSA) is 48.3 Å². The highest BCUT2D eigenvalue weighted by Gasteiger charge is 2.21. The smallest absolute Gasteiger partial charge is 0.150 e. The first-order valence-electron chi connectivity index (χ1n) is 7.93. The summed E-state index contributed by atoms with van der Waals surface area (Å²) in [6, 6.07) is 4.13. The maximum absolute atomic E-state index is 6.04. The summed E-state index contributed by atoms with van der Waals surface area (Å²) in [5.41, 5.74) is 1.07. The Morgan fingerprint density at radius 3 is 3.00 bits per heavy atom. The van der Waals surface area contributed by atoms with Crippen molar-refractivity contribution in [2.45, 2.75) is 25.5 Å². The molecule has 0 bridgehead atoms. The molecule has 2 fully saturated rings. The minimum absolute atomic E-state index is 0.0456. The first-order chi connectivity index (χ1) is 10.8. The number of hydrogen-bond acceptors (Lipinski definition) is 4. The van der Waals surface area contributed by atoms with Gasteiger partial charge in [0.15, 0.2) is 6.23 Å². The van der Waals surface area contributed by atoms with E-state index in [1.807, 2.05) is 16.9 Å². The van der Waals surface area contributed by atoms with Crippen molar-refractivity contribution in [3.8, 4) is 5.75 Å². The van der Waals surface area contributed by atoms with Gasteiger partial charge in [0.1, 0.15) is 5.75 Å². The van der Waals surface area contributed by atoms with Gasteiger partial charge in [0.2, 0.25) is 0 Å². The van der Waals surface area contributed by atoms with Crippen molar-refractivity contribution >= 4 is 26.8 Å². The summed E-state index contributed by atoms with van der Waals surface area (Å²) in [5.74, 6) is 1.52. The van der Waals surface area contributed by atoms with Crippen molar-refractivity contribution in [1.82, 2.24) is 15.1 Å². The molecule has 2 aliphatic rings. The van der Waals surface area contributed by atoms with E-state index in [-0.39, 0.29) is 6.23 Å². The van der Waals surface area contributed by atoms with Crippen LogP contribution in [0.2, 0.25) is 0 Å². The average Bonchev–Trinajstić information content (AvgIpc) is 2.90. The van der Waals surface area contributed by atoms with E-state index in [0.29, 0.717) is 5.92 Å². The zero-order valence-corrected chi connectivity index (χ0v) is 14.0. The highest BCUT2D eigenvalue weighted by atomic mass is 79.9. The Bertz CT molecular complexity index is 663. The summed E-state index contributed by atoms with van der Waals surface area (Å²) < 4.78 is 14.9. The molecule has 22 heavy (non-hydrogen) atoms. The molecule has 1 atom stereocenters. The van der Waals surface area contributed by atoms with Crippen LogP contribution in [-0.2, 0) is 4.74 Å². The molecule has 1 aromatic carbocycles. The van der Waals surface area contributed by atoms with Crippen LogP contribution in [0.5, 0.6) is 5.75 Å². The summed E-state index contributed by atoms with van der Waals surface area (Å²) in [5, 5.41) is 8.89. The molecule has 2 aliphatic heterocycles. The lowest BCUT2D eigenvalue weighted by Crippen LogP contribution is -2.45. The molecule has 1 aromatic heterocycles. The molecule has 0 spiro atoms. The fourth-order valence-electron chi connectivity index (χ4n) is 3.02. The molecule has 2 saturated heterocycles. The van der Waals surface area contributed by atoms with Crippen molar-refractivity contribution in [2.75, 3.05) is 26.3 Å². The van der Waals surface area contributed by atoms with Crippen molar-refractivity contribution in [3.63, 3.8) is 0 Å². The number of rotatable bonds is 4. The van der Waals surface area contributed by atoms with E-state index in [1.54, 1.807) is 0 Å². The molecule has 5 nitrogen and oxygen atoms in total. The maximum Gasteiger partial charge on any atom is 0.150 e. The van der Waals surface area contributed by atoms with Crippen LogP contribution in [0.4, 0.5) is 0 Å². The average molecular weight is 366 g/mol. The van der Waals surface area contributed by atoms with Gasteiger partial charge in [0, 0.05) is 30.1 Å². The number of ether oxygens (including phenoxy) is 2. The van der Waals surface area contributed by atoms with Crippen LogP contribution in [0.15, 0.2) is 22.8 Å². The van der Waals surface area contributed by atoms with Crippen LogP contribution in [0.25, 0.3) is 10.9 Å². The molecule has 118 valence electrons. The van der Waals surface area contributed by atoms with Gasteiger partial charge in [0.05, 0.1) is 23.7 Å². The second-order valence-electron chi connectivity index (χ2n) is 6.08. The molecule has 3 heterocycles. The summed E-state index contributed by atoms with van der Waals surface area (Å²) in [7, 11) is 0. The lowest BCUT2D eigenvalue weighted by molar-refractivity contribution is -0.0366. The third kappa shape index (κ3) is 2.75. The summed E-state index contributed by atoms with van der Waals surface area (Å²) in [6.07, 6.45) is 5.30. The second kappa shape index (κ2) is 6.18. The zero-order chi connectivity index (χ0) is 14.9. The van der Waals surface area contributed by atoms with Crippen molar-refractivity contribution < 1.29 is 9.47 Å². The monoisotopic (exact) mass is 365 g/mol. The van der Waals surface area contributed by atoms with Crippen LogP contribution in [0, 0.1) is 5.92 Å². The van der Waals surface area contributed by atoms with E-state index < -0.39 is 0 Å². The largest absolute Gasteiger partial charge is 0.492 e. The predicted molar refractivity (Wildman–Crippen MR) is 88.1 cm³/mol. The van der Waals surface area contributed by atoms with Gasteiger partial charge < -0.3 is 14.8 Å². The van der Waals surface area contributed by atoms with Crippen molar-refractivity contribution in [2.24, 2.45) is 5.92 Å². The van der Waals surface area contributed by atoms with Gasteiger partial charge in [-0.3, -0.25) is 0 Å². The van der Waals surface area contributed by atoms with E-state index in [2.05, 4.69) is 32.4 Å².